The van der Waals surface area contributed by atoms with Crippen molar-refractivity contribution in [2.75, 3.05) is 18.5 Å². The van der Waals surface area contributed by atoms with Crippen LogP contribution < -0.4 is 10.1 Å². The largest absolute Gasteiger partial charge is 0.493 e. The SMILES string of the molecule is CCOc1ccc2ccccc2c1C(=O)N1CC(=O)Nc2ccc(F)cc2C1c1cccs1. The molecule has 33 heavy (non-hydrogen) atoms. The molecule has 0 bridgehead atoms. The first-order valence-corrected chi connectivity index (χ1v) is 11.5. The molecule has 5 nitrogen and oxygen atoms in total. The van der Waals surface area contributed by atoms with Crippen LogP contribution in [0.2, 0.25) is 0 Å². The van der Waals surface area contributed by atoms with E-state index in [1.54, 1.807) is 12.1 Å². The molecule has 1 aliphatic rings. The predicted octanol–water partition coefficient (Wildman–Crippen LogP) is 5.62. The minimum atomic E-state index is -0.629. The molecule has 3 aromatic carbocycles. The van der Waals surface area contributed by atoms with Crippen LogP contribution in [-0.2, 0) is 4.79 Å². The van der Waals surface area contributed by atoms with Gasteiger partial charge in [0.05, 0.1) is 18.2 Å². The Labute approximate surface area is 194 Å². The maximum atomic E-state index is 14.3. The maximum absolute atomic E-state index is 14.3. The van der Waals surface area contributed by atoms with E-state index in [9.17, 15) is 14.0 Å². The third-order valence-corrected chi connectivity index (χ3v) is 6.61. The molecular formula is C26H21FN2O3S. The van der Waals surface area contributed by atoms with Crippen molar-refractivity contribution in [2.45, 2.75) is 13.0 Å². The van der Waals surface area contributed by atoms with Gasteiger partial charge in [-0.2, -0.15) is 0 Å². The number of hydrogen-bond acceptors (Lipinski definition) is 4. The van der Waals surface area contributed by atoms with Gasteiger partial charge in [0.25, 0.3) is 5.91 Å². The fraction of sp³-hybridized carbons (Fsp3) is 0.154. The Bertz CT molecular complexity index is 1350. The van der Waals surface area contributed by atoms with E-state index in [0.29, 0.717) is 29.2 Å². The molecule has 5 rings (SSSR count). The molecule has 0 aliphatic carbocycles. The molecule has 0 saturated heterocycles. The van der Waals surface area contributed by atoms with Gasteiger partial charge in [0.1, 0.15) is 18.1 Å². The van der Waals surface area contributed by atoms with E-state index < -0.39 is 11.9 Å². The van der Waals surface area contributed by atoms with Gasteiger partial charge in [-0.05, 0) is 53.4 Å². The summed E-state index contributed by atoms with van der Waals surface area (Å²) in [5, 5.41) is 6.36. The third-order valence-electron chi connectivity index (χ3n) is 5.69. The van der Waals surface area contributed by atoms with Crippen LogP contribution >= 0.6 is 11.3 Å². The average molecular weight is 461 g/mol. The Hall–Kier alpha value is -3.71. The number of halogens is 1. The van der Waals surface area contributed by atoms with Gasteiger partial charge in [-0.25, -0.2) is 4.39 Å². The van der Waals surface area contributed by atoms with Crippen molar-refractivity contribution in [2.24, 2.45) is 0 Å². The number of carbonyl (C=O) groups is 2. The first-order chi connectivity index (χ1) is 16.1. The van der Waals surface area contributed by atoms with Gasteiger partial charge >= 0.3 is 0 Å². The van der Waals surface area contributed by atoms with Crippen molar-refractivity contribution >= 4 is 39.6 Å². The summed E-state index contributed by atoms with van der Waals surface area (Å²) >= 11 is 1.46. The van der Waals surface area contributed by atoms with Gasteiger partial charge in [0, 0.05) is 16.1 Å². The molecule has 0 radical (unpaired) electrons. The van der Waals surface area contributed by atoms with Gasteiger partial charge in [0.2, 0.25) is 5.91 Å². The molecule has 2 amide bonds. The first-order valence-electron chi connectivity index (χ1n) is 10.6. The van der Waals surface area contributed by atoms with Crippen LogP contribution in [0, 0.1) is 5.82 Å². The zero-order valence-electron chi connectivity index (χ0n) is 17.9. The number of fused-ring (bicyclic) bond motifs is 2. The maximum Gasteiger partial charge on any atom is 0.259 e. The summed E-state index contributed by atoms with van der Waals surface area (Å²) in [6.45, 7) is 2.07. The smallest absolute Gasteiger partial charge is 0.259 e. The standard InChI is InChI=1S/C26H21FN2O3S/c1-2-32-21-12-9-16-6-3-4-7-18(16)24(21)26(31)29-15-23(30)28-20-11-10-17(27)14-19(20)25(29)22-8-5-13-33-22/h3-14,25H,2,15H2,1H3,(H,28,30). The van der Waals surface area contributed by atoms with Crippen LogP contribution in [0.3, 0.4) is 0 Å². The number of amides is 2. The highest BCUT2D eigenvalue weighted by atomic mass is 32.1. The summed E-state index contributed by atoms with van der Waals surface area (Å²) in [6.07, 6.45) is 0. The Balaban J connectivity index is 1.73. The highest BCUT2D eigenvalue weighted by Gasteiger charge is 2.36. The Morgan fingerprint density at radius 1 is 1.15 bits per heavy atom. The topological polar surface area (TPSA) is 58.6 Å². The normalized spacial score (nSPS) is 15.6. The summed E-state index contributed by atoms with van der Waals surface area (Å²) < 4.78 is 20.2. The van der Waals surface area contributed by atoms with Crippen LogP contribution in [0.25, 0.3) is 10.8 Å². The van der Waals surface area contributed by atoms with Crippen LogP contribution in [0.15, 0.2) is 72.1 Å². The molecule has 0 spiro atoms. The Morgan fingerprint density at radius 2 is 2.00 bits per heavy atom. The van der Waals surface area contributed by atoms with E-state index in [2.05, 4.69) is 5.32 Å². The summed E-state index contributed by atoms with van der Waals surface area (Å²) in [5.74, 6) is -0.663. The lowest BCUT2D eigenvalue weighted by atomic mass is 9.98. The summed E-state index contributed by atoms with van der Waals surface area (Å²) in [5.41, 5.74) is 1.43. The third kappa shape index (κ3) is 3.85. The predicted molar refractivity (Wildman–Crippen MR) is 127 cm³/mol. The molecule has 1 aliphatic heterocycles. The number of carbonyl (C=O) groups excluding carboxylic acids is 2. The number of nitrogens with zero attached hydrogens (tertiary/aromatic N) is 1. The van der Waals surface area contributed by atoms with Crippen LogP contribution in [0.4, 0.5) is 10.1 Å². The number of nitrogens with one attached hydrogen (secondary N) is 1. The molecule has 1 aromatic heterocycles. The van der Waals surface area contributed by atoms with Crippen molar-refractivity contribution in [3.63, 3.8) is 0 Å². The zero-order valence-corrected chi connectivity index (χ0v) is 18.7. The van der Waals surface area contributed by atoms with Crippen molar-refractivity contribution in [1.29, 1.82) is 0 Å². The van der Waals surface area contributed by atoms with Gasteiger partial charge in [-0.1, -0.05) is 36.4 Å². The second kappa shape index (κ2) is 8.67. The Kier molecular flexibility index (Phi) is 5.56. The van der Waals surface area contributed by atoms with Gasteiger partial charge < -0.3 is 15.0 Å². The van der Waals surface area contributed by atoms with E-state index in [4.69, 9.17) is 4.74 Å². The van der Waals surface area contributed by atoms with E-state index >= 15 is 0 Å². The highest BCUT2D eigenvalue weighted by molar-refractivity contribution is 7.10. The van der Waals surface area contributed by atoms with Gasteiger partial charge in [-0.3, -0.25) is 9.59 Å². The lowest BCUT2D eigenvalue weighted by molar-refractivity contribution is -0.117. The molecular weight excluding hydrogens is 439 g/mol. The Morgan fingerprint density at radius 3 is 2.79 bits per heavy atom. The summed E-state index contributed by atoms with van der Waals surface area (Å²) in [6, 6.07) is 18.6. The van der Waals surface area contributed by atoms with Crippen molar-refractivity contribution in [1.82, 2.24) is 4.90 Å². The van der Waals surface area contributed by atoms with Crippen LogP contribution in [-0.4, -0.2) is 29.9 Å². The molecule has 1 atom stereocenters. The van der Waals surface area contributed by atoms with Crippen LogP contribution in [0.5, 0.6) is 5.75 Å². The average Bonchev–Trinajstić information content (AvgIpc) is 3.29. The second-order valence-electron chi connectivity index (χ2n) is 7.72. The minimum absolute atomic E-state index is 0.174. The molecule has 0 saturated carbocycles. The highest BCUT2D eigenvalue weighted by Crippen LogP contribution is 2.40. The van der Waals surface area contributed by atoms with Crippen molar-refractivity contribution < 1.29 is 18.7 Å². The monoisotopic (exact) mass is 460 g/mol. The number of benzene rings is 3. The molecule has 166 valence electrons. The number of thiophene rings is 1. The summed E-state index contributed by atoms with van der Waals surface area (Å²) in [4.78, 5) is 29.4. The molecule has 4 aromatic rings. The summed E-state index contributed by atoms with van der Waals surface area (Å²) in [7, 11) is 0. The number of anilines is 1. The van der Waals surface area contributed by atoms with Gasteiger partial charge in [0.15, 0.2) is 0 Å². The van der Waals surface area contributed by atoms with E-state index in [0.717, 1.165) is 15.6 Å². The molecule has 1 N–H and O–H groups in total. The second-order valence-corrected chi connectivity index (χ2v) is 8.70. The number of hydrogen-bond donors (Lipinski definition) is 1. The fourth-order valence-corrected chi connectivity index (χ4v) is 5.17. The molecule has 1 unspecified atom stereocenters. The molecule has 0 fully saturated rings. The van der Waals surface area contributed by atoms with E-state index in [-0.39, 0.29) is 18.4 Å². The van der Waals surface area contributed by atoms with Crippen molar-refractivity contribution in [3.8, 4) is 5.75 Å². The molecule has 7 heteroatoms. The lowest BCUT2D eigenvalue weighted by Gasteiger charge is -2.30. The van der Waals surface area contributed by atoms with Gasteiger partial charge in [-0.15, -0.1) is 11.3 Å². The van der Waals surface area contributed by atoms with Crippen LogP contribution in [0.1, 0.15) is 33.8 Å². The zero-order chi connectivity index (χ0) is 22.9. The minimum Gasteiger partial charge on any atom is -0.493 e. The fourth-order valence-electron chi connectivity index (χ4n) is 4.31. The first kappa shape index (κ1) is 21.2. The molecule has 2 heterocycles. The number of rotatable bonds is 4. The quantitative estimate of drug-likeness (QED) is 0.430. The van der Waals surface area contributed by atoms with E-state index in [1.165, 1.54) is 28.4 Å². The number of ether oxygens (including phenoxy) is 1. The lowest BCUT2D eigenvalue weighted by Crippen LogP contribution is -2.39. The van der Waals surface area contributed by atoms with Crippen molar-refractivity contribution in [3.05, 3.63) is 93.9 Å². The van der Waals surface area contributed by atoms with E-state index in [1.807, 2.05) is 54.8 Å².